The molecule has 0 aliphatic heterocycles. The minimum Gasteiger partial charge on any atom is -0.496 e. The third kappa shape index (κ3) is 4.72. The Balaban J connectivity index is 1.73. The van der Waals surface area contributed by atoms with Crippen LogP contribution in [0.15, 0.2) is 52.5 Å². The van der Waals surface area contributed by atoms with Crippen molar-refractivity contribution in [2.24, 2.45) is 0 Å². The van der Waals surface area contributed by atoms with Gasteiger partial charge in [0, 0.05) is 11.3 Å². The summed E-state index contributed by atoms with van der Waals surface area (Å²) in [5, 5.41) is 8.88. The monoisotopic (exact) mass is 408 g/mol. The van der Waals surface area contributed by atoms with E-state index in [0.29, 0.717) is 39.1 Å². The van der Waals surface area contributed by atoms with Gasteiger partial charge in [-0.25, -0.2) is 4.68 Å². The maximum Gasteiger partial charge on any atom is 0.289 e. The van der Waals surface area contributed by atoms with E-state index in [2.05, 4.69) is 10.2 Å². The molecule has 0 saturated heterocycles. The van der Waals surface area contributed by atoms with Crippen LogP contribution in [0.1, 0.15) is 11.1 Å². The van der Waals surface area contributed by atoms with Gasteiger partial charge in [-0.15, -0.1) is 10.2 Å². The van der Waals surface area contributed by atoms with Crippen molar-refractivity contribution in [3.63, 3.8) is 0 Å². The molecule has 3 aromatic rings. The Morgan fingerprint density at radius 2 is 1.89 bits per heavy atom. The summed E-state index contributed by atoms with van der Waals surface area (Å²) in [5.74, 6) is 5.20. The van der Waals surface area contributed by atoms with Crippen molar-refractivity contribution in [1.29, 1.82) is 0 Å². The van der Waals surface area contributed by atoms with E-state index < -0.39 is 5.76 Å². The van der Waals surface area contributed by atoms with Crippen molar-refractivity contribution in [2.75, 3.05) is 13.0 Å². The third-order valence-corrected chi connectivity index (χ3v) is 5.57. The minimum absolute atomic E-state index is 0.407. The number of rotatable bonds is 7. The van der Waals surface area contributed by atoms with E-state index >= 15 is 0 Å². The topological polar surface area (TPSA) is 66.0 Å². The molecule has 0 saturated carbocycles. The Labute approximate surface area is 164 Å². The second-order valence-corrected chi connectivity index (χ2v) is 7.67. The van der Waals surface area contributed by atoms with Gasteiger partial charge in [0.25, 0.3) is 5.76 Å². The lowest BCUT2D eigenvalue weighted by Gasteiger charge is -2.10. The van der Waals surface area contributed by atoms with Crippen LogP contribution < -0.4 is 10.6 Å². The lowest BCUT2D eigenvalue weighted by atomic mass is 10.1. The first-order chi connectivity index (χ1) is 13.0. The Bertz CT molecular complexity index is 916. The maximum atomic E-state index is 12.6. The molecule has 2 aromatic carbocycles. The standard InChI is InChI=1S/C18H18F2N4OS2/c1-11-3-6-13(7-4-11)16-22-23-18(24(16)21)26-10-12-5-8-15(27-17(19)20)14(9-12)25-2/h3-9,17H,10,21H2,1-2H3. The van der Waals surface area contributed by atoms with Crippen LogP contribution in [0.3, 0.4) is 0 Å². The molecule has 2 N–H and O–H groups in total. The summed E-state index contributed by atoms with van der Waals surface area (Å²) in [5.41, 5.74) is 2.95. The van der Waals surface area contributed by atoms with Gasteiger partial charge in [-0.1, -0.05) is 59.4 Å². The molecule has 0 bridgehead atoms. The number of hydrogen-bond donors (Lipinski definition) is 1. The number of halogens is 2. The summed E-state index contributed by atoms with van der Waals surface area (Å²) in [6.45, 7) is 2.01. The van der Waals surface area contributed by atoms with Crippen LogP contribution in [-0.4, -0.2) is 27.7 Å². The van der Waals surface area contributed by atoms with Crippen molar-refractivity contribution in [1.82, 2.24) is 14.9 Å². The molecule has 5 nitrogen and oxygen atoms in total. The molecule has 27 heavy (non-hydrogen) atoms. The van der Waals surface area contributed by atoms with Gasteiger partial charge >= 0.3 is 0 Å². The lowest BCUT2D eigenvalue weighted by Crippen LogP contribution is -2.11. The van der Waals surface area contributed by atoms with Crippen LogP contribution in [0.25, 0.3) is 11.4 Å². The van der Waals surface area contributed by atoms with E-state index in [1.165, 1.54) is 23.5 Å². The van der Waals surface area contributed by atoms with Crippen molar-refractivity contribution in [3.05, 3.63) is 53.6 Å². The van der Waals surface area contributed by atoms with Gasteiger partial charge in [-0.05, 0) is 24.6 Å². The van der Waals surface area contributed by atoms with Crippen molar-refractivity contribution in [3.8, 4) is 17.1 Å². The van der Waals surface area contributed by atoms with E-state index in [1.54, 1.807) is 18.2 Å². The number of nitrogens with two attached hydrogens (primary N) is 1. The first-order valence-corrected chi connectivity index (χ1v) is 9.86. The second-order valence-electron chi connectivity index (χ2n) is 5.69. The van der Waals surface area contributed by atoms with Gasteiger partial charge in [0.1, 0.15) is 5.75 Å². The minimum atomic E-state index is -2.49. The largest absolute Gasteiger partial charge is 0.496 e. The first kappa shape index (κ1) is 19.5. The smallest absolute Gasteiger partial charge is 0.289 e. The summed E-state index contributed by atoms with van der Waals surface area (Å²) in [7, 11) is 1.46. The van der Waals surface area contributed by atoms with Crippen LogP contribution in [0, 0.1) is 6.92 Å². The molecule has 0 radical (unpaired) electrons. The predicted octanol–water partition coefficient (Wildman–Crippen LogP) is 4.58. The zero-order valence-corrected chi connectivity index (χ0v) is 16.4. The molecule has 0 spiro atoms. The number of nitrogens with zero attached hydrogens (tertiary/aromatic N) is 3. The van der Waals surface area contributed by atoms with E-state index in [9.17, 15) is 8.78 Å². The van der Waals surface area contributed by atoms with Crippen LogP contribution >= 0.6 is 23.5 Å². The normalized spacial score (nSPS) is 11.1. The number of aromatic nitrogens is 3. The summed E-state index contributed by atoms with van der Waals surface area (Å²) in [4.78, 5) is 0.407. The van der Waals surface area contributed by atoms with Gasteiger partial charge in [0.2, 0.25) is 5.16 Å². The fraction of sp³-hybridized carbons (Fsp3) is 0.222. The lowest BCUT2D eigenvalue weighted by molar-refractivity contribution is 0.251. The molecular weight excluding hydrogens is 390 g/mol. The highest BCUT2D eigenvalue weighted by atomic mass is 32.2. The molecule has 0 unspecified atom stereocenters. The molecule has 0 amide bonds. The zero-order valence-electron chi connectivity index (χ0n) is 14.7. The van der Waals surface area contributed by atoms with Crippen LogP contribution in [0.2, 0.25) is 0 Å². The molecule has 142 valence electrons. The van der Waals surface area contributed by atoms with Gasteiger partial charge in [-0.2, -0.15) is 8.78 Å². The Morgan fingerprint density at radius 3 is 2.56 bits per heavy atom. The number of aryl methyl sites for hydroxylation is 1. The Hall–Kier alpha value is -2.26. The quantitative estimate of drug-likeness (QED) is 0.456. The zero-order chi connectivity index (χ0) is 19.4. The molecule has 0 aliphatic carbocycles. The van der Waals surface area contributed by atoms with Crippen molar-refractivity contribution < 1.29 is 13.5 Å². The highest BCUT2D eigenvalue weighted by Crippen LogP contribution is 2.35. The maximum absolute atomic E-state index is 12.6. The van der Waals surface area contributed by atoms with Gasteiger partial charge in [-0.3, -0.25) is 0 Å². The number of ether oxygens (including phenoxy) is 1. The second kappa shape index (κ2) is 8.62. The summed E-state index contributed by atoms with van der Waals surface area (Å²) < 4.78 is 31.8. The average Bonchev–Trinajstić information content (AvgIpc) is 3.01. The van der Waals surface area contributed by atoms with E-state index in [1.807, 2.05) is 31.2 Å². The summed E-state index contributed by atoms with van der Waals surface area (Å²) >= 11 is 1.88. The molecule has 0 aliphatic rings. The third-order valence-electron chi connectivity index (χ3n) is 3.79. The van der Waals surface area contributed by atoms with E-state index in [0.717, 1.165) is 16.7 Å². The Morgan fingerprint density at radius 1 is 1.15 bits per heavy atom. The Kier molecular flexibility index (Phi) is 6.22. The first-order valence-electron chi connectivity index (χ1n) is 8.00. The molecule has 1 aromatic heterocycles. The SMILES string of the molecule is COc1cc(CSc2nnc(-c3ccc(C)cc3)n2N)ccc1SC(F)F. The number of methoxy groups -OCH3 is 1. The van der Waals surface area contributed by atoms with Crippen molar-refractivity contribution in [2.45, 2.75) is 28.5 Å². The number of thioether (sulfide) groups is 2. The summed E-state index contributed by atoms with van der Waals surface area (Å²) in [6, 6.07) is 13.0. The molecule has 0 fully saturated rings. The van der Waals surface area contributed by atoms with Crippen molar-refractivity contribution >= 4 is 23.5 Å². The van der Waals surface area contributed by atoms with Crippen LogP contribution in [0.4, 0.5) is 8.78 Å². The van der Waals surface area contributed by atoms with Crippen LogP contribution in [-0.2, 0) is 5.75 Å². The van der Waals surface area contributed by atoms with E-state index in [-0.39, 0.29) is 0 Å². The number of alkyl halides is 2. The number of hydrogen-bond acceptors (Lipinski definition) is 6. The number of benzene rings is 2. The van der Waals surface area contributed by atoms with Gasteiger partial charge in [0.05, 0.1) is 12.0 Å². The molecule has 9 heteroatoms. The average molecular weight is 408 g/mol. The van der Waals surface area contributed by atoms with Gasteiger partial charge in [0.15, 0.2) is 5.82 Å². The highest BCUT2D eigenvalue weighted by molar-refractivity contribution is 7.99. The highest BCUT2D eigenvalue weighted by Gasteiger charge is 2.14. The number of nitrogen functional groups attached to an aromatic ring is 1. The molecule has 3 rings (SSSR count). The van der Waals surface area contributed by atoms with Crippen LogP contribution in [0.5, 0.6) is 5.75 Å². The fourth-order valence-corrected chi connectivity index (χ4v) is 3.81. The molecule has 1 heterocycles. The molecular formula is C18H18F2N4OS2. The molecule has 0 atom stereocenters. The van der Waals surface area contributed by atoms with E-state index in [4.69, 9.17) is 10.6 Å². The van der Waals surface area contributed by atoms with Gasteiger partial charge < -0.3 is 10.6 Å². The summed E-state index contributed by atoms with van der Waals surface area (Å²) in [6.07, 6.45) is 0. The predicted molar refractivity (Wildman–Crippen MR) is 105 cm³/mol. The fourth-order valence-electron chi connectivity index (χ4n) is 2.42.